The molecular weight excluding hydrogens is 272 g/mol. The number of carbonyl (C=O) groups excluding carboxylic acids is 2. The third-order valence-electron chi connectivity index (χ3n) is 2.96. The molecule has 1 saturated heterocycles. The summed E-state index contributed by atoms with van der Waals surface area (Å²) < 4.78 is 11.0. The lowest BCUT2D eigenvalue weighted by Crippen LogP contribution is -2.25. The molecule has 6 nitrogen and oxygen atoms in total. The van der Waals surface area contributed by atoms with Crippen LogP contribution in [0.2, 0.25) is 0 Å². The van der Waals surface area contributed by atoms with Crippen LogP contribution in [-0.2, 0) is 4.79 Å². The number of methoxy groups -OCH3 is 1. The molecule has 0 saturated carbocycles. The van der Waals surface area contributed by atoms with Gasteiger partial charge in [-0.3, -0.25) is 9.69 Å². The molecule has 0 bridgehead atoms. The van der Waals surface area contributed by atoms with Gasteiger partial charge in [0.05, 0.1) is 13.2 Å². The van der Waals surface area contributed by atoms with Gasteiger partial charge in [-0.05, 0) is 26.0 Å². The SMILES string of the molecule is COc1cccc(/C=C2/NC(=O)N(C)C2=O)c1OC(C)C. The van der Waals surface area contributed by atoms with Gasteiger partial charge in [0.1, 0.15) is 5.70 Å². The first-order valence-electron chi connectivity index (χ1n) is 6.58. The first-order valence-corrected chi connectivity index (χ1v) is 6.58. The lowest BCUT2D eigenvalue weighted by Gasteiger charge is -2.16. The Balaban J connectivity index is 2.44. The fourth-order valence-electron chi connectivity index (χ4n) is 1.95. The third-order valence-corrected chi connectivity index (χ3v) is 2.96. The quantitative estimate of drug-likeness (QED) is 0.680. The highest BCUT2D eigenvalue weighted by Crippen LogP contribution is 2.33. The van der Waals surface area contributed by atoms with Gasteiger partial charge in [0.25, 0.3) is 5.91 Å². The molecule has 0 radical (unpaired) electrons. The van der Waals surface area contributed by atoms with Gasteiger partial charge in [-0.15, -0.1) is 0 Å². The maximum absolute atomic E-state index is 11.9. The normalized spacial score (nSPS) is 16.6. The van der Waals surface area contributed by atoms with Gasteiger partial charge in [0, 0.05) is 12.6 Å². The number of hydrogen-bond donors (Lipinski definition) is 1. The van der Waals surface area contributed by atoms with Gasteiger partial charge in [-0.25, -0.2) is 4.79 Å². The third kappa shape index (κ3) is 2.99. The van der Waals surface area contributed by atoms with E-state index in [2.05, 4.69) is 5.32 Å². The zero-order valence-corrected chi connectivity index (χ0v) is 12.5. The average Bonchev–Trinajstić information content (AvgIpc) is 2.67. The van der Waals surface area contributed by atoms with E-state index in [0.717, 1.165) is 4.90 Å². The smallest absolute Gasteiger partial charge is 0.328 e. The van der Waals surface area contributed by atoms with Crippen LogP contribution in [0, 0.1) is 0 Å². The van der Waals surface area contributed by atoms with Crippen LogP contribution >= 0.6 is 0 Å². The molecule has 1 aromatic carbocycles. The molecule has 0 atom stereocenters. The Bertz CT molecular complexity index is 608. The topological polar surface area (TPSA) is 67.9 Å². The molecule has 1 aromatic rings. The molecule has 1 aliphatic rings. The van der Waals surface area contributed by atoms with Crippen molar-refractivity contribution in [2.75, 3.05) is 14.2 Å². The van der Waals surface area contributed by atoms with Crippen LogP contribution in [0.4, 0.5) is 4.79 Å². The van der Waals surface area contributed by atoms with E-state index in [0.29, 0.717) is 17.1 Å². The minimum atomic E-state index is -0.444. The van der Waals surface area contributed by atoms with Crippen molar-refractivity contribution in [3.63, 3.8) is 0 Å². The highest BCUT2D eigenvalue weighted by atomic mass is 16.5. The molecule has 21 heavy (non-hydrogen) atoms. The monoisotopic (exact) mass is 290 g/mol. The maximum atomic E-state index is 11.9. The molecule has 1 fully saturated rings. The number of nitrogens with zero attached hydrogens (tertiary/aromatic N) is 1. The number of urea groups is 1. The number of para-hydroxylation sites is 1. The second kappa shape index (κ2) is 5.87. The van der Waals surface area contributed by atoms with E-state index >= 15 is 0 Å². The highest BCUT2D eigenvalue weighted by Gasteiger charge is 2.30. The lowest BCUT2D eigenvalue weighted by atomic mass is 10.1. The molecular formula is C15H18N2O4. The molecule has 1 aliphatic heterocycles. The predicted octanol–water partition coefficient (Wildman–Crippen LogP) is 2.00. The Morgan fingerprint density at radius 2 is 2.00 bits per heavy atom. The van der Waals surface area contributed by atoms with Crippen LogP contribution < -0.4 is 14.8 Å². The van der Waals surface area contributed by atoms with Gasteiger partial charge >= 0.3 is 6.03 Å². The molecule has 1 N–H and O–H groups in total. The van der Waals surface area contributed by atoms with Crippen LogP contribution in [0.5, 0.6) is 11.5 Å². The number of amides is 3. The number of carbonyl (C=O) groups is 2. The molecule has 0 aromatic heterocycles. The van der Waals surface area contributed by atoms with Crippen molar-refractivity contribution in [3.05, 3.63) is 29.5 Å². The van der Waals surface area contributed by atoms with Crippen LogP contribution in [0.25, 0.3) is 6.08 Å². The second-order valence-corrected chi connectivity index (χ2v) is 4.90. The lowest BCUT2D eigenvalue weighted by molar-refractivity contribution is -0.121. The van der Waals surface area contributed by atoms with Crippen LogP contribution in [0.1, 0.15) is 19.4 Å². The molecule has 6 heteroatoms. The van der Waals surface area contributed by atoms with E-state index in [1.165, 1.54) is 7.05 Å². The first-order chi connectivity index (χ1) is 9.93. The Hall–Kier alpha value is -2.50. The highest BCUT2D eigenvalue weighted by molar-refractivity contribution is 6.13. The number of hydrogen-bond acceptors (Lipinski definition) is 4. The van der Waals surface area contributed by atoms with Crippen molar-refractivity contribution < 1.29 is 19.1 Å². The van der Waals surface area contributed by atoms with Crippen molar-refractivity contribution >= 4 is 18.0 Å². The Morgan fingerprint density at radius 1 is 1.29 bits per heavy atom. The molecule has 3 amide bonds. The molecule has 0 aliphatic carbocycles. The van der Waals surface area contributed by atoms with Gasteiger partial charge in [-0.1, -0.05) is 12.1 Å². The van der Waals surface area contributed by atoms with Crippen molar-refractivity contribution in [1.82, 2.24) is 10.2 Å². The summed E-state index contributed by atoms with van der Waals surface area (Å²) in [6.45, 7) is 3.80. The summed E-state index contributed by atoms with van der Waals surface area (Å²) in [5.74, 6) is 0.737. The number of ether oxygens (including phenoxy) is 2. The first kappa shape index (κ1) is 14.9. The van der Waals surface area contributed by atoms with Crippen molar-refractivity contribution in [2.24, 2.45) is 0 Å². The zero-order valence-electron chi connectivity index (χ0n) is 12.5. The van der Waals surface area contributed by atoms with Crippen molar-refractivity contribution in [1.29, 1.82) is 0 Å². The molecule has 2 rings (SSSR count). The molecule has 0 unspecified atom stereocenters. The van der Waals surface area contributed by atoms with Gasteiger partial charge in [-0.2, -0.15) is 0 Å². The number of imide groups is 1. The van der Waals surface area contributed by atoms with E-state index < -0.39 is 6.03 Å². The fourth-order valence-corrected chi connectivity index (χ4v) is 1.95. The maximum Gasteiger partial charge on any atom is 0.328 e. The Kier molecular flexibility index (Phi) is 4.16. The molecule has 1 heterocycles. The average molecular weight is 290 g/mol. The summed E-state index contributed by atoms with van der Waals surface area (Å²) in [5, 5.41) is 2.52. The van der Waals surface area contributed by atoms with Crippen LogP contribution in [0.3, 0.4) is 0 Å². The number of benzene rings is 1. The number of nitrogens with one attached hydrogen (secondary N) is 1. The predicted molar refractivity (Wildman–Crippen MR) is 78.0 cm³/mol. The summed E-state index contributed by atoms with van der Waals surface area (Å²) in [5.41, 5.74) is 0.881. The summed E-state index contributed by atoms with van der Waals surface area (Å²) in [6.07, 6.45) is 1.54. The molecule has 0 spiro atoms. The zero-order chi connectivity index (χ0) is 15.6. The standard InChI is InChI=1S/C15H18N2O4/c1-9(2)21-13-10(6-5-7-12(13)20-4)8-11-14(18)17(3)15(19)16-11/h5-9H,1-4H3,(H,16,19)/b11-8+. The summed E-state index contributed by atoms with van der Waals surface area (Å²) in [6, 6.07) is 4.93. The number of rotatable bonds is 4. The number of likely N-dealkylation sites (N-methyl/N-ethyl adjacent to an activating group) is 1. The minimum absolute atomic E-state index is 0.0463. The summed E-state index contributed by atoms with van der Waals surface area (Å²) >= 11 is 0. The van der Waals surface area contributed by atoms with Crippen molar-refractivity contribution in [3.8, 4) is 11.5 Å². The Morgan fingerprint density at radius 3 is 2.52 bits per heavy atom. The van der Waals surface area contributed by atoms with Crippen LogP contribution in [0.15, 0.2) is 23.9 Å². The van der Waals surface area contributed by atoms with Gasteiger partial charge in [0.2, 0.25) is 0 Å². The van der Waals surface area contributed by atoms with E-state index in [1.54, 1.807) is 31.4 Å². The molecule has 112 valence electrons. The van der Waals surface area contributed by atoms with E-state index in [-0.39, 0.29) is 17.7 Å². The summed E-state index contributed by atoms with van der Waals surface area (Å²) in [7, 11) is 2.98. The van der Waals surface area contributed by atoms with Gasteiger partial charge < -0.3 is 14.8 Å². The Labute approximate surface area is 123 Å². The van der Waals surface area contributed by atoms with E-state index in [9.17, 15) is 9.59 Å². The van der Waals surface area contributed by atoms with E-state index in [1.807, 2.05) is 13.8 Å². The van der Waals surface area contributed by atoms with Crippen LogP contribution in [-0.4, -0.2) is 37.1 Å². The summed E-state index contributed by atoms with van der Waals surface area (Å²) in [4.78, 5) is 24.4. The van der Waals surface area contributed by atoms with Gasteiger partial charge in [0.15, 0.2) is 11.5 Å². The largest absolute Gasteiger partial charge is 0.493 e. The van der Waals surface area contributed by atoms with Crippen molar-refractivity contribution in [2.45, 2.75) is 20.0 Å². The van der Waals surface area contributed by atoms with E-state index in [4.69, 9.17) is 9.47 Å². The second-order valence-electron chi connectivity index (χ2n) is 4.90. The fraction of sp³-hybridized carbons (Fsp3) is 0.333. The minimum Gasteiger partial charge on any atom is -0.493 e.